The van der Waals surface area contributed by atoms with E-state index in [0.29, 0.717) is 10.6 Å². The summed E-state index contributed by atoms with van der Waals surface area (Å²) in [4.78, 5) is 17.3. The van der Waals surface area contributed by atoms with E-state index in [0.717, 1.165) is 66.9 Å². The lowest BCUT2D eigenvalue weighted by Gasteiger charge is -2.32. The van der Waals surface area contributed by atoms with Gasteiger partial charge < -0.3 is 9.64 Å². The van der Waals surface area contributed by atoms with Gasteiger partial charge in [-0.3, -0.25) is 9.58 Å². The van der Waals surface area contributed by atoms with Crippen LogP contribution in [0, 0.1) is 6.92 Å². The van der Waals surface area contributed by atoms with Crippen molar-refractivity contribution < 1.29 is 9.53 Å². The second-order valence-electron chi connectivity index (χ2n) is 7.97. The van der Waals surface area contributed by atoms with Crippen molar-refractivity contribution in [1.29, 1.82) is 0 Å². The number of aromatic nitrogens is 2. The van der Waals surface area contributed by atoms with Gasteiger partial charge in [-0.2, -0.15) is 5.10 Å². The topological polar surface area (TPSA) is 50.6 Å². The highest BCUT2D eigenvalue weighted by Crippen LogP contribution is 2.33. The number of ether oxygens (including phenoxy) is 1. The lowest BCUT2D eigenvalue weighted by atomic mass is 9.99. The van der Waals surface area contributed by atoms with E-state index in [1.807, 2.05) is 48.1 Å². The SMILES string of the molecule is COC(=O)c1cc(-c2ccc(C)cc2Cl)cc2nn(CCN3CCN(C)CC3)cc12. The minimum Gasteiger partial charge on any atom is -0.465 e. The molecule has 0 spiro atoms. The van der Waals surface area contributed by atoms with Crippen LogP contribution < -0.4 is 0 Å². The predicted octanol–water partition coefficient (Wildman–Crippen LogP) is 3.70. The second-order valence-corrected chi connectivity index (χ2v) is 8.38. The Hall–Kier alpha value is -2.41. The molecule has 0 radical (unpaired) electrons. The van der Waals surface area contributed by atoms with Gasteiger partial charge in [0.25, 0.3) is 0 Å². The number of benzene rings is 2. The third-order valence-electron chi connectivity index (χ3n) is 5.75. The molecule has 30 heavy (non-hydrogen) atoms. The zero-order valence-electron chi connectivity index (χ0n) is 17.7. The number of hydrogen-bond donors (Lipinski definition) is 0. The van der Waals surface area contributed by atoms with Crippen molar-refractivity contribution in [2.24, 2.45) is 0 Å². The van der Waals surface area contributed by atoms with Crippen LogP contribution in [-0.4, -0.2) is 72.4 Å². The number of nitrogens with zero attached hydrogens (tertiary/aromatic N) is 4. The summed E-state index contributed by atoms with van der Waals surface area (Å²) in [5, 5.41) is 6.20. The van der Waals surface area contributed by atoms with Crippen LogP contribution in [0.25, 0.3) is 22.0 Å². The molecular formula is C23H27ClN4O2. The van der Waals surface area contributed by atoms with E-state index in [1.165, 1.54) is 7.11 Å². The van der Waals surface area contributed by atoms with Crippen LogP contribution in [0.4, 0.5) is 0 Å². The molecule has 1 saturated heterocycles. The fraction of sp³-hybridized carbons (Fsp3) is 0.391. The number of hydrogen-bond acceptors (Lipinski definition) is 5. The van der Waals surface area contributed by atoms with Crippen molar-refractivity contribution in [1.82, 2.24) is 19.6 Å². The summed E-state index contributed by atoms with van der Waals surface area (Å²) in [6.45, 7) is 8.04. The Morgan fingerprint density at radius 3 is 2.60 bits per heavy atom. The summed E-state index contributed by atoms with van der Waals surface area (Å²) in [7, 11) is 3.56. The number of likely N-dealkylation sites (N-methyl/N-ethyl adjacent to an activating group) is 1. The number of esters is 1. The number of rotatable bonds is 5. The minimum absolute atomic E-state index is 0.372. The lowest BCUT2D eigenvalue weighted by molar-refractivity contribution is 0.0603. The Labute approximate surface area is 182 Å². The normalized spacial score (nSPS) is 15.6. The maximum absolute atomic E-state index is 12.5. The number of carbonyl (C=O) groups excluding carboxylic acids is 1. The second kappa shape index (κ2) is 8.76. The Bertz CT molecular complexity index is 1070. The summed E-state index contributed by atoms with van der Waals surface area (Å²) >= 11 is 6.48. The van der Waals surface area contributed by atoms with Crippen LogP contribution in [0.2, 0.25) is 5.02 Å². The monoisotopic (exact) mass is 426 g/mol. The summed E-state index contributed by atoms with van der Waals surface area (Å²) in [6, 6.07) is 9.75. The molecule has 0 atom stereocenters. The number of methoxy groups -OCH3 is 1. The highest BCUT2D eigenvalue weighted by Gasteiger charge is 2.18. The summed E-state index contributed by atoms with van der Waals surface area (Å²) in [5.41, 5.74) is 4.10. The van der Waals surface area contributed by atoms with Gasteiger partial charge >= 0.3 is 5.97 Å². The molecular weight excluding hydrogens is 400 g/mol. The zero-order chi connectivity index (χ0) is 21.3. The molecule has 3 aromatic rings. The van der Waals surface area contributed by atoms with Gasteiger partial charge in [-0.05, 0) is 43.3 Å². The van der Waals surface area contributed by atoms with E-state index in [-0.39, 0.29) is 5.97 Å². The van der Waals surface area contributed by atoms with Crippen LogP contribution in [0.15, 0.2) is 36.5 Å². The number of carbonyl (C=O) groups is 1. The van der Waals surface area contributed by atoms with Gasteiger partial charge in [0.05, 0.1) is 24.7 Å². The highest BCUT2D eigenvalue weighted by atomic mass is 35.5. The van der Waals surface area contributed by atoms with Crippen molar-refractivity contribution in [2.45, 2.75) is 13.5 Å². The van der Waals surface area contributed by atoms with Crippen molar-refractivity contribution in [3.63, 3.8) is 0 Å². The minimum atomic E-state index is -0.372. The zero-order valence-corrected chi connectivity index (χ0v) is 18.4. The maximum atomic E-state index is 12.5. The molecule has 1 fully saturated rings. The first kappa shape index (κ1) is 20.8. The number of aryl methyl sites for hydroxylation is 1. The first-order chi connectivity index (χ1) is 14.4. The molecule has 1 aliphatic heterocycles. The molecule has 1 aromatic heterocycles. The molecule has 158 valence electrons. The Kier molecular flexibility index (Phi) is 6.09. The quantitative estimate of drug-likeness (QED) is 0.582. The first-order valence-electron chi connectivity index (χ1n) is 10.2. The van der Waals surface area contributed by atoms with Gasteiger partial charge in [0.1, 0.15) is 0 Å². The van der Waals surface area contributed by atoms with E-state index >= 15 is 0 Å². The average Bonchev–Trinajstić information content (AvgIpc) is 3.15. The number of piperazine rings is 1. The van der Waals surface area contributed by atoms with Crippen LogP contribution in [0.1, 0.15) is 15.9 Å². The molecule has 0 bridgehead atoms. The van der Waals surface area contributed by atoms with Crippen LogP contribution in [0.3, 0.4) is 0 Å². The van der Waals surface area contributed by atoms with Crippen molar-refractivity contribution in [3.05, 3.63) is 52.7 Å². The molecule has 7 heteroatoms. The van der Waals surface area contributed by atoms with Crippen molar-refractivity contribution in [2.75, 3.05) is 46.9 Å². The molecule has 6 nitrogen and oxygen atoms in total. The molecule has 0 aliphatic carbocycles. The Balaban J connectivity index is 1.66. The molecule has 2 aromatic carbocycles. The molecule has 2 heterocycles. The fourth-order valence-electron chi connectivity index (χ4n) is 3.89. The summed E-state index contributed by atoms with van der Waals surface area (Å²) in [6.07, 6.45) is 1.94. The molecule has 4 rings (SSSR count). The summed E-state index contributed by atoms with van der Waals surface area (Å²) < 4.78 is 6.96. The molecule has 0 saturated carbocycles. The van der Waals surface area contributed by atoms with Crippen LogP contribution in [0.5, 0.6) is 0 Å². The van der Waals surface area contributed by atoms with E-state index in [1.54, 1.807) is 0 Å². The van der Waals surface area contributed by atoms with Gasteiger partial charge in [0.15, 0.2) is 0 Å². The molecule has 1 aliphatic rings. The van der Waals surface area contributed by atoms with E-state index in [4.69, 9.17) is 21.4 Å². The van der Waals surface area contributed by atoms with Crippen LogP contribution in [-0.2, 0) is 11.3 Å². The predicted molar refractivity (Wildman–Crippen MR) is 120 cm³/mol. The number of halogens is 1. The van der Waals surface area contributed by atoms with E-state index in [2.05, 4.69) is 16.8 Å². The Morgan fingerprint density at radius 2 is 1.90 bits per heavy atom. The number of fused-ring (bicyclic) bond motifs is 1. The van der Waals surface area contributed by atoms with Gasteiger partial charge in [-0.25, -0.2) is 4.79 Å². The van der Waals surface area contributed by atoms with Crippen LogP contribution >= 0.6 is 11.6 Å². The Morgan fingerprint density at radius 1 is 1.13 bits per heavy atom. The van der Waals surface area contributed by atoms with Crippen molar-refractivity contribution >= 4 is 28.5 Å². The van der Waals surface area contributed by atoms with E-state index < -0.39 is 0 Å². The smallest absolute Gasteiger partial charge is 0.338 e. The van der Waals surface area contributed by atoms with Gasteiger partial charge in [-0.1, -0.05) is 23.7 Å². The largest absolute Gasteiger partial charge is 0.465 e. The molecule has 0 amide bonds. The van der Waals surface area contributed by atoms with Gasteiger partial charge in [0, 0.05) is 54.9 Å². The van der Waals surface area contributed by atoms with Gasteiger partial charge in [0.2, 0.25) is 0 Å². The summed E-state index contributed by atoms with van der Waals surface area (Å²) in [5.74, 6) is -0.372. The van der Waals surface area contributed by atoms with Crippen molar-refractivity contribution in [3.8, 4) is 11.1 Å². The fourth-order valence-corrected chi connectivity index (χ4v) is 4.24. The molecule has 0 N–H and O–H groups in total. The highest BCUT2D eigenvalue weighted by molar-refractivity contribution is 6.33. The average molecular weight is 427 g/mol. The van der Waals surface area contributed by atoms with Gasteiger partial charge in [-0.15, -0.1) is 0 Å². The standard InChI is InChI=1S/C23H27ClN4O2/c1-16-4-5-18(21(24)12-16)17-13-19(23(29)30-3)20-15-28(25-22(20)14-17)11-10-27-8-6-26(2)7-9-27/h4-5,12-15H,6-11H2,1-3H3. The lowest BCUT2D eigenvalue weighted by Crippen LogP contribution is -2.45. The maximum Gasteiger partial charge on any atom is 0.338 e. The third-order valence-corrected chi connectivity index (χ3v) is 6.07. The van der Waals surface area contributed by atoms with E-state index in [9.17, 15) is 4.79 Å². The first-order valence-corrected chi connectivity index (χ1v) is 10.6. The third kappa shape index (κ3) is 4.36. The molecule has 0 unspecified atom stereocenters.